The van der Waals surface area contributed by atoms with Gasteiger partial charge in [0.1, 0.15) is 0 Å². The molecule has 0 bridgehead atoms. The molecule has 0 saturated carbocycles. The predicted molar refractivity (Wildman–Crippen MR) is 93.2 cm³/mol. The molecular weight excluding hydrogens is 306 g/mol. The highest BCUT2D eigenvalue weighted by molar-refractivity contribution is 5.97. The van der Waals surface area contributed by atoms with Gasteiger partial charge in [-0.3, -0.25) is 14.9 Å². The van der Waals surface area contributed by atoms with Gasteiger partial charge in [0.25, 0.3) is 5.69 Å². The molecule has 0 amide bonds. The fraction of sp³-hybridized carbons (Fsp3) is 0.278. The van der Waals surface area contributed by atoms with Crippen LogP contribution in [0.2, 0.25) is 0 Å². The molecule has 1 N–H and O–H groups in total. The van der Waals surface area contributed by atoms with Crippen molar-refractivity contribution < 1.29 is 9.72 Å². The van der Waals surface area contributed by atoms with E-state index in [0.29, 0.717) is 12.1 Å². The summed E-state index contributed by atoms with van der Waals surface area (Å²) in [5.74, 6) is -0.0875. The number of nitro groups is 1. The first-order valence-electron chi connectivity index (χ1n) is 7.69. The smallest absolute Gasteiger partial charge is 0.269 e. The first-order chi connectivity index (χ1) is 11.5. The Morgan fingerprint density at radius 1 is 1.12 bits per heavy atom. The Morgan fingerprint density at radius 2 is 1.75 bits per heavy atom. The van der Waals surface area contributed by atoms with Crippen molar-refractivity contribution in [1.82, 2.24) is 10.2 Å². The van der Waals surface area contributed by atoms with Gasteiger partial charge in [0.05, 0.1) is 11.5 Å². The van der Waals surface area contributed by atoms with Gasteiger partial charge in [-0.05, 0) is 31.8 Å². The number of hydrogen-bond donors (Lipinski definition) is 1. The zero-order chi connectivity index (χ0) is 17.5. The molecule has 0 aliphatic heterocycles. The lowest BCUT2D eigenvalue weighted by atomic mass is 10.1. The minimum Gasteiger partial charge on any atom is -0.308 e. The van der Waals surface area contributed by atoms with Crippen LogP contribution in [0.5, 0.6) is 0 Å². The van der Waals surface area contributed by atoms with E-state index in [1.54, 1.807) is 0 Å². The van der Waals surface area contributed by atoms with Crippen LogP contribution in [0.4, 0.5) is 5.69 Å². The molecule has 0 spiro atoms. The van der Waals surface area contributed by atoms with Crippen molar-refractivity contribution in [1.29, 1.82) is 0 Å². The van der Waals surface area contributed by atoms with Crippen LogP contribution in [-0.2, 0) is 0 Å². The Hall–Kier alpha value is -2.57. The molecule has 2 rings (SSSR count). The summed E-state index contributed by atoms with van der Waals surface area (Å²) >= 11 is 0. The molecule has 1 unspecified atom stereocenters. The van der Waals surface area contributed by atoms with Crippen LogP contribution in [0.1, 0.15) is 22.0 Å². The summed E-state index contributed by atoms with van der Waals surface area (Å²) in [7, 11) is 4.00. The highest BCUT2D eigenvalue weighted by atomic mass is 16.6. The van der Waals surface area contributed by atoms with Crippen LogP contribution in [0.3, 0.4) is 0 Å². The molecule has 24 heavy (non-hydrogen) atoms. The van der Waals surface area contributed by atoms with Crippen molar-refractivity contribution in [3.8, 4) is 0 Å². The Kier molecular flexibility index (Phi) is 6.17. The predicted octanol–water partition coefficient (Wildman–Crippen LogP) is 2.67. The van der Waals surface area contributed by atoms with Crippen LogP contribution in [-0.4, -0.2) is 42.8 Å². The Morgan fingerprint density at radius 3 is 2.29 bits per heavy atom. The van der Waals surface area contributed by atoms with E-state index in [-0.39, 0.29) is 24.1 Å². The van der Waals surface area contributed by atoms with E-state index >= 15 is 0 Å². The van der Waals surface area contributed by atoms with Crippen LogP contribution < -0.4 is 5.32 Å². The Balaban J connectivity index is 1.92. The Bertz CT molecular complexity index is 684. The van der Waals surface area contributed by atoms with Gasteiger partial charge in [-0.1, -0.05) is 30.3 Å². The van der Waals surface area contributed by atoms with Crippen molar-refractivity contribution in [3.05, 3.63) is 75.8 Å². The second-order valence-corrected chi connectivity index (χ2v) is 5.75. The third-order valence-corrected chi connectivity index (χ3v) is 3.83. The van der Waals surface area contributed by atoms with Crippen molar-refractivity contribution in [2.75, 3.05) is 27.2 Å². The van der Waals surface area contributed by atoms with Gasteiger partial charge in [-0.2, -0.15) is 0 Å². The second kappa shape index (κ2) is 8.33. The molecule has 0 radical (unpaired) electrons. The summed E-state index contributed by atoms with van der Waals surface area (Å²) in [4.78, 5) is 24.4. The number of non-ortho nitro benzene ring substituents is 1. The second-order valence-electron chi connectivity index (χ2n) is 5.75. The summed E-state index contributed by atoms with van der Waals surface area (Å²) in [5.41, 5.74) is 1.63. The van der Waals surface area contributed by atoms with Crippen LogP contribution in [0.15, 0.2) is 54.6 Å². The van der Waals surface area contributed by atoms with Gasteiger partial charge < -0.3 is 10.2 Å². The first-order valence-corrected chi connectivity index (χ1v) is 7.69. The monoisotopic (exact) mass is 327 g/mol. The van der Waals surface area contributed by atoms with Crippen LogP contribution >= 0.6 is 0 Å². The average molecular weight is 327 g/mol. The molecule has 6 nitrogen and oxygen atoms in total. The lowest BCUT2D eigenvalue weighted by Gasteiger charge is -2.25. The minimum absolute atomic E-state index is 0.0174. The summed E-state index contributed by atoms with van der Waals surface area (Å²) in [6, 6.07) is 15.9. The molecule has 2 aromatic rings. The van der Waals surface area contributed by atoms with Crippen molar-refractivity contribution in [2.45, 2.75) is 6.04 Å². The minimum atomic E-state index is -0.478. The molecule has 0 aliphatic rings. The lowest BCUT2D eigenvalue weighted by molar-refractivity contribution is -0.384. The van der Waals surface area contributed by atoms with E-state index in [0.717, 1.165) is 0 Å². The fourth-order valence-electron chi connectivity index (χ4n) is 2.47. The SMILES string of the molecule is CN(C)C(CNCC(=O)c1ccc([N+](=O)[O-])cc1)c1ccccc1. The van der Waals surface area contributed by atoms with E-state index in [2.05, 4.69) is 22.3 Å². The van der Waals surface area contributed by atoms with E-state index < -0.39 is 4.92 Å². The standard InChI is InChI=1S/C18H21N3O3/c1-20(2)17(14-6-4-3-5-7-14)12-19-13-18(22)15-8-10-16(11-9-15)21(23)24/h3-11,17,19H,12-13H2,1-2H3. The summed E-state index contributed by atoms with van der Waals surface area (Å²) in [6.07, 6.45) is 0. The number of benzene rings is 2. The average Bonchev–Trinajstić information content (AvgIpc) is 2.59. The van der Waals surface area contributed by atoms with E-state index in [4.69, 9.17) is 0 Å². The van der Waals surface area contributed by atoms with Crippen LogP contribution in [0, 0.1) is 10.1 Å². The highest BCUT2D eigenvalue weighted by Crippen LogP contribution is 2.17. The number of ketones is 1. The number of Topliss-reactive ketones (excluding diaryl/α,β-unsaturated/α-hetero) is 1. The van der Waals surface area contributed by atoms with Crippen molar-refractivity contribution in [3.63, 3.8) is 0 Å². The lowest BCUT2D eigenvalue weighted by Crippen LogP contribution is -2.33. The molecule has 6 heteroatoms. The molecule has 1 atom stereocenters. The van der Waals surface area contributed by atoms with Crippen molar-refractivity contribution >= 4 is 11.5 Å². The highest BCUT2D eigenvalue weighted by Gasteiger charge is 2.14. The fourth-order valence-corrected chi connectivity index (χ4v) is 2.47. The number of rotatable bonds is 8. The number of likely N-dealkylation sites (N-methyl/N-ethyl adjacent to an activating group) is 1. The molecule has 0 aromatic heterocycles. The zero-order valence-electron chi connectivity index (χ0n) is 13.8. The maximum atomic E-state index is 12.2. The number of nitrogens with one attached hydrogen (secondary N) is 1. The number of nitrogens with zero attached hydrogens (tertiary/aromatic N) is 2. The normalized spacial score (nSPS) is 12.1. The molecule has 0 fully saturated rings. The van der Waals surface area contributed by atoms with E-state index in [1.807, 2.05) is 32.3 Å². The van der Waals surface area contributed by atoms with Gasteiger partial charge in [0, 0.05) is 30.3 Å². The molecule has 2 aromatic carbocycles. The third kappa shape index (κ3) is 4.71. The maximum Gasteiger partial charge on any atom is 0.269 e. The summed E-state index contributed by atoms with van der Waals surface area (Å²) in [5, 5.41) is 13.8. The maximum absolute atomic E-state index is 12.2. The number of nitro benzene ring substituents is 1. The van der Waals surface area contributed by atoms with Gasteiger partial charge in [-0.25, -0.2) is 0 Å². The van der Waals surface area contributed by atoms with Gasteiger partial charge in [-0.15, -0.1) is 0 Å². The largest absolute Gasteiger partial charge is 0.308 e. The number of carbonyl (C=O) groups is 1. The quantitative estimate of drug-likeness (QED) is 0.458. The third-order valence-electron chi connectivity index (χ3n) is 3.83. The topological polar surface area (TPSA) is 75.5 Å². The molecule has 0 aliphatic carbocycles. The van der Waals surface area contributed by atoms with E-state index in [9.17, 15) is 14.9 Å². The molecule has 126 valence electrons. The summed E-state index contributed by atoms with van der Waals surface area (Å²) in [6.45, 7) is 0.824. The molecule has 0 saturated heterocycles. The summed E-state index contributed by atoms with van der Waals surface area (Å²) < 4.78 is 0. The molecule has 0 heterocycles. The van der Waals surface area contributed by atoms with Crippen molar-refractivity contribution in [2.24, 2.45) is 0 Å². The zero-order valence-corrected chi connectivity index (χ0v) is 13.8. The van der Waals surface area contributed by atoms with E-state index in [1.165, 1.54) is 29.8 Å². The van der Waals surface area contributed by atoms with Gasteiger partial charge in [0.15, 0.2) is 5.78 Å². The number of carbonyl (C=O) groups excluding carboxylic acids is 1. The Labute approximate surface area is 141 Å². The molecular formula is C18H21N3O3. The van der Waals surface area contributed by atoms with Gasteiger partial charge in [0.2, 0.25) is 0 Å². The first kappa shape index (κ1) is 17.8. The van der Waals surface area contributed by atoms with Gasteiger partial charge >= 0.3 is 0 Å². The number of hydrogen-bond acceptors (Lipinski definition) is 5. The van der Waals surface area contributed by atoms with Crippen LogP contribution in [0.25, 0.3) is 0 Å².